The first-order valence-corrected chi connectivity index (χ1v) is 9.70. The molecule has 3 rings (SSSR count). The van der Waals surface area contributed by atoms with Crippen molar-refractivity contribution < 1.29 is 19.2 Å². The van der Waals surface area contributed by atoms with Gasteiger partial charge in [0.05, 0.1) is 18.4 Å². The summed E-state index contributed by atoms with van der Waals surface area (Å²) in [5, 5.41) is 2.89. The lowest BCUT2D eigenvalue weighted by atomic mass is 9.96. The number of amides is 2. The quantitative estimate of drug-likeness (QED) is 0.707. The van der Waals surface area contributed by atoms with Crippen LogP contribution in [-0.2, 0) is 16.1 Å². The minimum absolute atomic E-state index is 0.0827. The van der Waals surface area contributed by atoms with Gasteiger partial charge in [-0.1, -0.05) is 24.8 Å². The molecule has 0 saturated heterocycles. The van der Waals surface area contributed by atoms with Crippen molar-refractivity contribution in [2.75, 3.05) is 30.4 Å². The van der Waals surface area contributed by atoms with Gasteiger partial charge >= 0.3 is 0 Å². The largest absolute Gasteiger partial charge is 0.490 e. The maximum atomic E-state index is 13.2. The summed E-state index contributed by atoms with van der Waals surface area (Å²) < 4.78 is 5.50. The number of anilines is 2. The Kier molecular flexibility index (Phi) is 6.03. The second kappa shape index (κ2) is 8.49. The SMILES string of the molecule is C=CCOc1ccc(C[NH+](C)CC(=O)N2c3ccccc3NC(=O)C2(C)C)cc1. The number of carbonyl (C=O) groups is 2. The van der Waals surface area contributed by atoms with Crippen molar-refractivity contribution in [1.29, 1.82) is 0 Å². The molecule has 0 aliphatic carbocycles. The van der Waals surface area contributed by atoms with E-state index in [2.05, 4.69) is 11.9 Å². The first kappa shape index (κ1) is 20.6. The third-order valence-corrected chi connectivity index (χ3v) is 5.01. The molecule has 0 fully saturated rings. The van der Waals surface area contributed by atoms with E-state index in [4.69, 9.17) is 4.74 Å². The van der Waals surface area contributed by atoms with E-state index in [1.807, 2.05) is 55.6 Å². The Bertz CT molecular complexity index is 906. The highest BCUT2D eigenvalue weighted by atomic mass is 16.5. The van der Waals surface area contributed by atoms with Crippen molar-refractivity contribution in [3.63, 3.8) is 0 Å². The average Bonchev–Trinajstić information content (AvgIpc) is 2.68. The van der Waals surface area contributed by atoms with Gasteiger partial charge in [0.25, 0.3) is 5.91 Å². The van der Waals surface area contributed by atoms with E-state index in [0.29, 0.717) is 18.8 Å². The number of ether oxygens (including phenoxy) is 1. The van der Waals surface area contributed by atoms with Crippen molar-refractivity contribution in [2.45, 2.75) is 25.9 Å². The molecule has 1 heterocycles. The van der Waals surface area contributed by atoms with E-state index in [0.717, 1.165) is 21.9 Å². The highest BCUT2D eigenvalue weighted by molar-refractivity contribution is 6.14. The molecule has 1 aliphatic rings. The normalized spacial score (nSPS) is 15.8. The highest BCUT2D eigenvalue weighted by Gasteiger charge is 2.44. The molecular weight excluding hydrogens is 366 g/mol. The van der Waals surface area contributed by atoms with Crippen LogP contribution in [0.5, 0.6) is 5.75 Å². The summed E-state index contributed by atoms with van der Waals surface area (Å²) in [5.74, 6) is 0.526. The van der Waals surface area contributed by atoms with E-state index in [9.17, 15) is 9.59 Å². The molecule has 1 aliphatic heterocycles. The van der Waals surface area contributed by atoms with Crippen LogP contribution in [0.1, 0.15) is 19.4 Å². The van der Waals surface area contributed by atoms with Gasteiger partial charge in [-0.15, -0.1) is 0 Å². The fourth-order valence-corrected chi connectivity index (χ4v) is 3.51. The van der Waals surface area contributed by atoms with Crippen molar-refractivity contribution in [3.05, 3.63) is 66.7 Å². The first-order valence-electron chi connectivity index (χ1n) is 9.70. The zero-order valence-corrected chi connectivity index (χ0v) is 17.2. The van der Waals surface area contributed by atoms with Crippen LogP contribution in [0.25, 0.3) is 0 Å². The maximum absolute atomic E-state index is 13.2. The molecular formula is C23H28N3O3+. The number of nitrogens with one attached hydrogen (secondary N) is 2. The topological polar surface area (TPSA) is 63.1 Å². The van der Waals surface area contributed by atoms with Crippen LogP contribution >= 0.6 is 0 Å². The fraction of sp³-hybridized carbons (Fsp3) is 0.304. The minimum atomic E-state index is -0.949. The van der Waals surface area contributed by atoms with Gasteiger partial charge in [0, 0.05) is 5.56 Å². The van der Waals surface area contributed by atoms with Gasteiger partial charge < -0.3 is 15.0 Å². The Morgan fingerprint density at radius 2 is 1.90 bits per heavy atom. The van der Waals surface area contributed by atoms with Gasteiger partial charge in [0.1, 0.15) is 24.4 Å². The van der Waals surface area contributed by atoms with E-state index in [1.165, 1.54) is 0 Å². The number of hydrogen-bond donors (Lipinski definition) is 2. The lowest BCUT2D eigenvalue weighted by molar-refractivity contribution is -0.885. The molecule has 6 nitrogen and oxygen atoms in total. The molecule has 0 spiro atoms. The number of likely N-dealkylation sites (N-methyl/N-ethyl adjacent to an activating group) is 1. The van der Waals surface area contributed by atoms with Crippen LogP contribution < -0.4 is 19.9 Å². The third kappa shape index (κ3) is 4.49. The maximum Gasteiger partial charge on any atom is 0.283 e. The van der Waals surface area contributed by atoms with Gasteiger partial charge in [-0.25, -0.2) is 0 Å². The zero-order chi connectivity index (χ0) is 21.0. The molecule has 0 radical (unpaired) electrons. The molecule has 2 aromatic carbocycles. The smallest absolute Gasteiger partial charge is 0.283 e. The van der Waals surface area contributed by atoms with Crippen molar-refractivity contribution in [1.82, 2.24) is 0 Å². The number of benzene rings is 2. The molecule has 29 heavy (non-hydrogen) atoms. The third-order valence-electron chi connectivity index (χ3n) is 5.01. The monoisotopic (exact) mass is 394 g/mol. The summed E-state index contributed by atoms with van der Waals surface area (Å²) in [6.07, 6.45) is 1.71. The number of carbonyl (C=O) groups excluding carboxylic acids is 2. The van der Waals surface area contributed by atoms with Gasteiger partial charge in [0.15, 0.2) is 6.54 Å². The number of quaternary nitrogens is 1. The zero-order valence-electron chi connectivity index (χ0n) is 17.2. The minimum Gasteiger partial charge on any atom is -0.490 e. The Morgan fingerprint density at radius 3 is 2.59 bits per heavy atom. The van der Waals surface area contributed by atoms with E-state index >= 15 is 0 Å². The summed E-state index contributed by atoms with van der Waals surface area (Å²) in [7, 11) is 1.98. The number of para-hydroxylation sites is 2. The van der Waals surface area contributed by atoms with Crippen LogP contribution in [0, 0.1) is 0 Å². The molecule has 1 unspecified atom stereocenters. The summed E-state index contributed by atoms with van der Waals surface area (Å²) in [4.78, 5) is 28.4. The predicted molar refractivity (Wildman–Crippen MR) is 114 cm³/mol. The number of hydrogen-bond acceptors (Lipinski definition) is 3. The second-order valence-electron chi connectivity index (χ2n) is 7.81. The molecule has 2 N–H and O–H groups in total. The van der Waals surface area contributed by atoms with Crippen LogP contribution in [-0.4, -0.2) is 37.6 Å². The second-order valence-corrected chi connectivity index (χ2v) is 7.81. The summed E-state index contributed by atoms with van der Waals surface area (Å²) in [6.45, 7) is 8.62. The highest BCUT2D eigenvalue weighted by Crippen LogP contribution is 2.36. The Labute approximate surface area is 171 Å². The van der Waals surface area contributed by atoms with Gasteiger partial charge in [-0.05, 0) is 50.2 Å². The molecule has 2 amide bonds. The van der Waals surface area contributed by atoms with Gasteiger partial charge in [-0.2, -0.15) is 0 Å². The van der Waals surface area contributed by atoms with Crippen LogP contribution in [0.4, 0.5) is 11.4 Å². The molecule has 2 aromatic rings. The molecule has 1 atom stereocenters. The average molecular weight is 394 g/mol. The Balaban J connectivity index is 1.70. The molecule has 6 heteroatoms. The lowest BCUT2D eigenvalue weighted by Crippen LogP contribution is -3.09. The first-order chi connectivity index (χ1) is 13.8. The van der Waals surface area contributed by atoms with E-state index in [1.54, 1.807) is 24.8 Å². The Hall–Kier alpha value is -3.12. The van der Waals surface area contributed by atoms with E-state index in [-0.39, 0.29) is 18.4 Å². The summed E-state index contributed by atoms with van der Waals surface area (Å²) >= 11 is 0. The van der Waals surface area contributed by atoms with Crippen molar-refractivity contribution in [3.8, 4) is 5.75 Å². The number of fused-ring (bicyclic) bond motifs is 1. The molecule has 0 aromatic heterocycles. The fourth-order valence-electron chi connectivity index (χ4n) is 3.51. The van der Waals surface area contributed by atoms with Crippen LogP contribution in [0.15, 0.2) is 61.2 Å². The van der Waals surface area contributed by atoms with Gasteiger partial charge in [-0.3, -0.25) is 14.5 Å². The predicted octanol–water partition coefficient (Wildman–Crippen LogP) is 2.03. The standard InChI is InChI=1S/C23H27N3O3/c1-5-14-29-18-12-10-17(11-13-18)15-25(4)16-21(27)26-20-9-7-6-8-19(20)24-22(28)23(26,2)3/h5-13H,1,14-16H2,2-4H3,(H,24,28)/p+1. The molecule has 152 valence electrons. The molecule has 0 saturated carbocycles. The summed E-state index contributed by atoms with van der Waals surface area (Å²) in [6, 6.07) is 15.2. The van der Waals surface area contributed by atoms with Crippen LogP contribution in [0.3, 0.4) is 0 Å². The van der Waals surface area contributed by atoms with Crippen molar-refractivity contribution >= 4 is 23.2 Å². The number of nitrogens with zero attached hydrogens (tertiary/aromatic N) is 1. The van der Waals surface area contributed by atoms with E-state index < -0.39 is 5.54 Å². The molecule has 0 bridgehead atoms. The van der Waals surface area contributed by atoms with Gasteiger partial charge in [0.2, 0.25) is 5.91 Å². The number of rotatable bonds is 7. The summed E-state index contributed by atoms with van der Waals surface area (Å²) in [5.41, 5.74) is 1.56. The lowest BCUT2D eigenvalue weighted by Gasteiger charge is -2.42. The van der Waals surface area contributed by atoms with Crippen LogP contribution in [0.2, 0.25) is 0 Å². The Morgan fingerprint density at radius 1 is 1.21 bits per heavy atom. The van der Waals surface area contributed by atoms with Crippen molar-refractivity contribution in [2.24, 2.45) is 0 Å².